The van der Waals surface area contributed by atoms with Crippen LogP contribution >= 0.6 is 23.2 Å². The van der Waals surface area contributed by atoms with Gasteiger partial charge in [0.15, 0.2) is 0 Å². The van der Waals surface area contributed by atoms with Gasteiger partial charge in [-0.2, -0.15) is 0 Å². The Morgan fingerprint density at radius 2 is 1.95 bits per heavy atom. The fourth-order valence-corrected chi connectivity index (χ4v) is 2.28. The number of methoxy groups -OCH3 is 1. The molecule has 0 aromatic heterocycles. The van der Waals surface area contributed by atoms with Gasteiger partial charge in [-0.05, 0) is 35.9 Å². The quantitative estimate of drug-likeness (QED) is 0.859. The van der Waals surface area contributed by atoms with Gasteiger partial charge in [-0.1, -0.05) is 29.3 Å². The molecule has 0 heterocycles. The molecule has 0 saturated heterocycles. The summed E-state index contributed by atoms with van der Waals surface area (Å²) >= 11 is 12.1. The fraction of sp³-hybridized carbons (Fsp3) is 0.133. The minimum atomic E-state index is -0.998. The highest BCUT2D eigenvalue weighted by Crippen LogP contribution is 2.27. The first-order chi connectivity index (χ1) is 10.0. The Balaban J connectivity index is 2.14. The number of hydrogen-bond donors (Lipinski definition) is 2. The van der Waals surface area contributed by atoms with Crippen molar-refractivity contribution in [3.63, 3.8) is 0 Å². The van der Waals surface area contributed by atoms with E-state index in [1.54, 1.807) is 25.3 Å². The molecular weight excluding hydrogens is 313 g/mol. The summed E-state index contributed by atoms with van der Waals surface area (Å²) in [6, 6.07) is 9.92. The van der Waals surface area contributed by atoms with E-state index in [1.807, 2.05) is 6.07 Å². The van der Waals surface area contributed by atoms with Crippen molar-refractivity contribution in [2.24, 2.45) is 0 Å². The molecule has 4 nitrogen and oxygen atoms in total. The number of nitrogens with one attached hydrogen (secondary N) is 1. The SMILES string of the molecule is COc1ccc(CNc2cc(C(=O)O)ccc2Cl)cc1Cl. The Kier molecular flexibility index (Phi) is 4.94. The van der Waals surface area contributed by atoms with Crippen LogP contribution in [0.5, 0.6) is 5.75 Å². The Labute approximate surface area is 132 Å². The molecule has 0 radical (unpaired) electrons. The third-order valence-corrected chi connectivity index (χ3v) is 3.54. The predicted octanol–water partition coefficient (Wildman–Crippen LogP) is 4.31. The van der Waals surface area contributed by atoms with Gasteiger partial charge in [0.1, 0.15) is 5.75 Å². The second-order valence-corrected chi connectivity index (χ2v) is 5.14. The molecule has 110 valence electrons. The average Bonchev–Trinajstić information content (AvgIpc) is 2.46. The maximum Gasteiger partial charge on any atom is 0.335 e. The van der Waals surface area contributed by atoms with Crippen LogP contribution in [-0.2, 0) is 6.54 Å². The zero-order valence-electron chi connectivity index (χ0n) is 11.2. The van der Waals surface area contributed by atoms with Crippen molar-refractivity contribution in [1.29, 1.82) is 0 Å². The summed E-state index contributed by atoms with van der Waals surface area (Å²) in [6.07, 6.45) is 0. The molecule has 0 bridgehead atoms. The first kappa shape index (κ1) is 15.5. The smallest absolute Gasteiger partial charge is 0.335 e. The van der Waals surface area contributed by atoms with Crippen LogP contribution in [0, 0.1) is 0 Å². The van der Waals surface area contributed by atoms with E-state index in [1.165, 1.54) is 12.1 Å². The summed E-state index contributed by atoms with van der Waals surface area (Å²) in [5.41, 5.74) is 1.66. The van der Waals surface area contributed by atoms with Crippen molar-refractivity contribution in [3.05, 3.63) is 57.6 Å². The maximum absolute atomic E-state index is 11.0. The summed E-state index contributed by atoms with van der Waals surface area (Å²) in [7, 11) is 1.55. The van der Waals surface area contributed by atoms with E-state index in [-0.39, 0.29) is 5.56 Å². The number of ether oxygens (including phenoxy) is 1. The highest BCUT2D eigenvalue weighted by molar-refractivity contribution is 6.33. The Morgan fingerprint density at radius 1 is 1.19 bits per heavy atom. The van der Waals surface area contributed by atoms with E-state index < -0.39 is 5.97 Å². The van der Waals surface area contributed by atoms with Gasteiger partial charge < -0.3 is 15.2 Å². The molecule has 2 rings (SSSR count). The van der Waals surface area contributed by atoms with Gasteiger partial charge in [-0.3, -0.25) is 0 Å². The molecule has 0 amide bonds. The first-order valence-corrected chi connectivity index (χ1v) is 6.86. The largest absolute Gasteiger partial charge is 0.495 e. The lowest BCUT2D eigenvalue weighted by Crippen LogP contribution is -2.03. The Bertz CT molecular complexity index is 674. The van der Waals surface area contributed by atoms with Crippen LogP contribution in [0.1, 0.15) is 15.9 Å². The molecule has 0 unspecified atom stereocenters. The monoisotopic (exact) mass is 325 g/mol. The second kappa shape index (κ2) is 6.70. The number of aromatic carboxylic acids is 1. The zero-order valence-corrected chi connectivity index (χ0v) is 12.7. The van der Waals surface area contributed by atoms with E-state index in [2.05, 4.69) is 5.32 Å². The number of benzene rings is 2. The van der Waals surface area contributed by atoms with Gasteiger partial charge in [0.2, 0.25) is 0 Å². The van der Waals surface area contributed by atoms with Crippen molar-refractivity contribution in [3.8, 4) is 5.75 Å². The number of halogens is 2. The molecule has 0 aliphatic rings. The van der Waals surface area contributed by atoms with Crippen LogP contribution < -0.4 is 10.1 Å². The molecule has 0 saturated carbocycles. The van der Waals surface area contributed by atoms with Gasteiger partial charge in [-0.25, -0.2) is 4.79 Å². The molecule has 0 aliphatic carbocycles. The third kappa shape index (κ3) is 3.80. The number of carboxylic acid groups (broad SMARTS) is 1. The van der Waals surface area contributed by atoms with E-state index in [0.29, 0.717) is 28.0 Å². The minimum absolute atomic E-state index is 0.176. The van der Waals surface area contributed by atoms with E-state index in [4.69, 9.17) is 33.0 Å². The fourth-order valence-electron chi connectivity index (χ4n) is 1.81. The van der Waals surface area contributed by atoms with Crippen LogP contribution in [0.15, 0.2) is 36.4 Å². The van der Waals surface area contributed by atoms with Crippen LogP contribution in [0.2, 0.25) is 10.0 Å². The van der Waals surface area contributed by atoms with Gasteiger partial charge in [0.05, 0.1) is 28.4 Å². The lowest BCUT2D eigenvalue weighted by molar-refractivity contribution is 0.0697. The minimum Gasteiger partial charge on any atom is -0.495 e. The summed E-state index contributed by atoms with van der Waals surface area (Å²) in [6.45, 7) is 0.465. The molecule has 0 fully saturated rings. The van der Waals surface area contributed by atoms with E-state index in [0.717, 1.165) is 5.56 Å². The topological polar surface area (TPSA) is 58.6 Å². The molecule has 2 aromatic rings. The lowest BCUT2D eigenvalue weighted by Gasteiger charge is -2.10. The van der Waals surface area contributed by atoms with Gasteiger partial charge >= 0.3 is 5.97 Å². The van der Waals surface area contributed by atoms with Crippen molar-refractivity contribution < 1.29 is 14.6 Å². The van der Waals surface area contributed by atoms with Gasteiger partial charge in [0.25, 0.3) is 0 Å². The van der Waals surface area contributed by atoms with Crippen LogP contribution in [0.4, 0.5) is 5.69 Å². The summed E-state index contributed by atoms with van der Waals surface area (Å²) < 4.78 is 5.09. The predicted molar refractivity (Wildman–Crippen MR) is 83.7 cm³/mol. The zero-order chi connectivity index (χ0) is 15.4. The average molecular weight is 326 g/mol. The third-order valence-electron chi connectivity index (χ3n) is 2.91. The molecule has 6 heteroatoms. The van der Waals surface area contributed by atoms with Crippen molar-refractivity contribution >= 4 is 34.9 Å². The first-order valence-electron chi connectivity index (χ1n) is 6.10. The number of carbonyl (C=O) groups is 1. The molecule has 21 heavy (non-hydrogen) atoms. The second-order valence-electron chi connectivity index (χ2n) is 4.32. The van der Waals surface area contributed by atoms with Gasteiger partial charge in [0, 0.05) is 6.54 Å². The summed E-state index contributed by atoms with van der Waals surface area (Å²) in [4.78, 5) is 11.0. The van der Waals surface area contributed by atoms with Crippen molar-refractivity contribution in [2.75, 3.05) is 12.4 Å². The van der Waals surface area contributed by atoms with Crippen LogP contribution in [0.3, 0.4) is 0 Å². The van der Waals surface area contributed by atoms with Crippen LogP contribution in [-0.4, -0.2) is 18.2 Å². The normalized spacial score (nSPS) is 10.2. The standard InChI is InChI=1S/C15H13Cl2NO3/c1-21-14-5-2-9(6-12(14)17)8-18-13-7-10(15(19)20)3-4-11(13)16/h2-7,18H,8H2,1H3,(H,19,20). The van der Waals surface area contributed by atoms with Gasteiger partial charge in [-0.15, -0.1) is 0 Å². The molecular formula is C15H13Cl2NO3. The number of rotatable bonds is 5. The number of carboxylic acids is 1. The molecule has 0 spiro atoms. The lowest BCUT2D eigenvalue weighted by atomic mass is 10.2. The van der Waals surface area contributed by atoms with Crippen LogP contribution in [0.25, 0.3) is 0 Å². The highest BCUT2D eigenvalue weighted by Gasteiger charge is 2.08. The van der Waals surface area contributed by atoms with E-state index >= 15 is 0 Å². The van der Waals surface area contributed by atoms with Crippen molar-refractivity contribution in [2.45, 2.75) is 6.54 Å². The van der Waals surface area contributed by atoms with Crippen molar-refractivity contribution in [1.82, 2.24) is 0 Å². The summed E-state index contributed by atoms with van der Waals surface area (Å²) in [5.74, 6) is -0.395. The Morgan fingerprint density at radius 3 is 2.57 bits per heavy atom. The Hall–Kier alpha value is -1.91. The number of hydrogen-bond acceptors (Lipinski definition) is 3. The molecule has 2 aromatic carbocycles. The highest BCUT2D eigenvalue weighted by atomic mass is 35.5. The molecule has 2 N–H and O–H groups in total. The molecule has 0 aliphatic heterocycles. The maximum atomic E-state index is 11.0. The number of anilines is 1. The summed E-state index contributed by atoms with van der Waals surface area (Å²) in [5, 5.41) is 13.0. The molecule has 0 atom stereocenters. The van der Waals surface area contributed by atoms with E-state index in [9.17, 15) is 4.79 Å².